The van der Waals surface area contributed by atoms with E-state index in [1.54, 1.807) is 48.5 Å². The quantitative estimate of drug-likeness (QED) is 0.668. The fourth-order valence-electron chi connectivity index (χ4n) is 1.74. The molecule has 0 fully saturated rings. The largest absolute Gasteiger partial charge is 0.326 e. The summed E-state index contributed by atoms with van der Waals surface area (Å²) in [6.07, 6.45) is -0.117. The average molecular weight is 249 g/mol. The molecule has 0 saturated carbocycles. The first-order valence-corrected chi connectivity index (χ1v) is 5.91. The topological polar surface area (TPSA) is 46.2 Å². The summed E-state index contributed by atoms with van der Waals surface area (Å²) in [6, 6.07) is 15.8. The zero-order valence-electron chi connectivity index (χ0n) is 10.3. The van der Waals surface area contributed by atoms with Crippen LogP contribution < -0.4 is 5.32 Å². The van der Waals surface area contributed by atoms with Crippen molar-refractivity contribution in [1.82, 2.24) is 0 Å². The molecule has 0 saturated heterocycles. The molecule has 2 aromatic carbocycles. The predicted molar refractivity (Wildman–Crippen MR) is 75.5 cm³/mol. The first-order valence-electron chi connectivity index (χ1n) is 5.91. The number of ketones is 1. The second kappa shape index (κ2) is 6.00. The van der Waals surface area contributed by atoms with E-state index in [0.29, 0.717) is 16.8 Å². The van der Waals surface area contributed by atoms with Crippen molar-refractivity contribution in [2.24, 2.45) is 0 Å². The molecule has 0 heterocycles. The summed E-state index contributed by atoms with van der Waals surface area (Å²) in [5.74, 6) is -0.457. The van der Waals surface area contributed by atoms with Crippen LogP contribution in [0.25, 0.3) is 0 Å². The summed E-state index contributed by atoms with van der Waals surface area (Å²) in [5.41, 5.74) is 1.51. The van der Waals surface area contributed by atoms with Crippen LogP contribution in [-0.4, -0.2) is 19.5 Å². The Morgan fingerprint density at radius 1 is 0.947 bits per heavy atom. The standard InChI is InChI=1S/C15H12BNO2/c16-10-14(18)17-13-9-5-4-8-12(13)15(19)11-6-2-1-3-7-11/h1-9H,10H2,(H,17,18). The van der Waals surface area contributed by atoms with Crippen LogP contribution in [0, 0.1) is 0 Å². The second-order valence-electron chi connectivity index (χ2n) is 3.99. The van der Waals surface area contributed by atoms with Gasteiger partial charge in [0.25, 0.3) is 0 Å². The molecule has 0 aromatic heterocycles. The number of carbonyl (C=O) groups is 2. The van der Waals surface area contributed by atoms with Crippen LogP contribution >= 0.6 is 0 Å². The molecule has 0 aliphatic carbocycles. The number of hydrogen-bond acceptors (Lipinski definition) is 2. The van der Waals surface area contributed by atoms with Crippen molar-refractivity contribution in [3.8, 4) is 0 Å². The third kappa shape index (κ3) is 3.10. The van der Waals surface area contributed by atoms with Gasteiger partial charge in [0.1, 0.15) is 0 Å². The Balaban J connectivity index is 2.35. The molecule has 3 nitrogen and oxygen atoms in total. The van der Waals surface area contributed by atoms with E-state index in [0.717, 1.165) is 0 Å². The summed E-state index contributed by atoms with van der Waals surface area (Å²) >= 11 is 0. The molecule has 4 heteroatoms. The minimum atomic E-state index is -0.326. The molecule has 1 N–H and O–H groups in total. The number of hydrogen-bond donors (Lipinski definition) is 1. The summed E-state index contributed by atoms with van der Waals surface area (Å²) in [4.78, 5) is 23.7. The molecule has 2 radical (unpaired) electrons. The maximum atomic E-state index is 12.4. The molecule has 19 heavy (non-hydrogen) atoms. The van der Waals surface area contributed by atoms with Crippen molar-refractivity contribution in [2.75, 3.05) is 5.32 Å². The second-order valence-corrected chi connectivity index (χ2v) is 3.99. The maximum Gasteiger partial charge on any atom is 0.215 e. The minimum Gasteiger partial charge on any atom is -0.326 e. The van der Waals surface area contributed by atoms with E-state index < -0.39 is 0 Å². The van der Waals surface area contributed by atoms with Crippen molar-refractivity contribution in [3.63, 3.8) is 0 Å². The van der Waals surface area contributed by atoms with Crippen LogP contribution in [0.5, 0.6) is 0 Å². The van der Waals surface area contributed by atoms with Gasteiger partial charge in [-0.1, -0.05) is 42.5 Å². The van der Waals surface area contributed by atoms with Crippen molar-refractivity contribution in [3.05, 3.63) is 65.7 Å². The number of benzene rings is 2. The van der Waals surface area contributed by atoms with E-state index in [9.17, 15) is 9.59 Å². The lowest BCUT2D eigenvalue weighted by Crippen LogP contribution is -2.14. The Morgan fingerprint density at radius 2 is 1.58 bits per heavy atom. The minimum absolute atomic E-state index is 0.117. The van der Waals surface area contributed by atoms with Crippen LogP contribution in [0.15, 0.2) is 54.6 Å². The van der Waals surface area contributed by atoms with Crippen molar-refractivity contribution < 1.29 is 9.59 Å². The number of para-hydroxylation sites is 1. The number of amides is 1. The van der Waals surface area contributed by atoms with E-state index in [4.69, 9.17) is 7.85 Å². The van der Waals surface area contributed by atoms with Gasteiger partial charge in [0.05, 0.1) is 13.5 Å². The highest BCUT2D eigenvalue weighted by Crippen LogP contribution is 2.19. The Labute approximate surface area is 113 Å². The molecule has 92 valence electrons. The highest BCUT2D eigenvalue weighted by molar-refractivity contribution is 6.23. The molecule has 2 rings (SSSR count). The van der Waals surface area contributed by atoms with Crippen LogP contribution in [0.3, 0.4) is 0 Å². The van der Waals surface area contributed by atoms with Crippen molar-refractivity contribution in [1.29, 1.82) is 0 Å². The monoisotopic (exact) mass is 249 g/mol. The fraction of sp³-hybridized carbons (Fsp3) is 0.0667. The van der Waals surface area contributed by atoms with Gasteiger partial charge in [0, 0.05) is 11.1 Å². The Kier molecular flexibility index (Phi) is 4.13. The van der Waals surface area contributed by atoms with E-state index in [2.05, 4.69) is 5.32 Å². The molecule has 1 amide bonds. The number of carbonyl (C=O) groups excluding carboxylic acids is 2. The Morgan fingerprint density at radius 3 is 2.26 bits per heavy atom. The SMILES string of the molecule is [B]CC(=O)Nc1ccccc1C(=O)c1ccccc1. The number of anilines is 1. The summed E-state index contributed by atoms with van der Waals surface area (Å²) < 4.78 is 0. The lowest BCUT2D eigenvalue weighted by molar-refractivity contribution is -0.114. The lowest BCUT2D eigenvalue weighted by atomic mass is 10.0. The van der Waals surface area contributed by atoms with Gasteiger partial charge < -0.3 is 5.32 Å². The molecule has 0 aliphatic heterocycles. The number of rotatable bonds is 4. The van der Waals surface area contributed by atoms with Crippen molar-refractivity contribution in [2.45, 2.75) is 6.32 Å². The summed E-state index contributed by atoms with van der Waals surface area (Å²) in [7, 11) is 5.26. The van der Waals surface area contributed by atoms with Crippen molar-refractivity contribution >= 4 is 25.2 Å². The number of nitrogens with one attached hydrogen (secondary N) is 1. The van der Waals surface area contributed by atoms with Gasteiger partial charge in [-0.05, 0) is 18.5 Å². The summed E-state index contributed by atoms with van der Waals surface area (Å²) in [6.45, 7) is 0. The predicted octanol–water partition coefficient (Wildman–Crippen LogP) is 2.44. The third-order valence-corrected chi connectivity index (χ3v) is 2.67. The average Bonchev–Trinajstić information content (AvgIpc) is 2.48. The highest BCUT2D eigenvalue weighted by Gasteiger charge is 2.13. The van der Waals surface area contributed by atoms with E-state index in [1.165, 1.54) is 0 Å². The van der Waals surface area contributed by atoms with Crippen LogP contribution in [0.1, 0.15) is 15.9 Å². The normalized spacial score (nSPS) is 9.89. The molecule has 0 unspecified atom stereocenters. The fourth-order valence-corrected chi connectivity index (χ4v) is 1.74. The third-order valence-electron chi connectivity index (χ3n) is 2.67. The van der Waals surface area contributed by atoms with Crippen LogP contribution in [0.4, 0.5) is 5.69 Å². The first kappa shape index (κ1) is 13.1. The van der Waals surface area contributed by atoms with Crippen LogP contribution in [0.2, 0.25) is 6.32 Å². The molecule has 0 bridgehead atoms. The van der Waals surface area contributed by atoms with E-state index >= 15 is 0 Å². The van der Waals surface area contributed by atoms with Gasteiger partial charge >= 0.3 is 0 Å². The molecule has 0 aliphatic rings. The lowest BCUT2D eigenvalue weighted by Gasteiger charge is -2.09. The zero-order valence-corrected chi connectivity index (χ0v) is 10.3. The van der Waals surface area contributed by atoms with Gasteiger partial charge in [0.2, 0.25) is 5.91 Å². The van der Waals surface area contributed by atoms with Gasteiger partial charge in [-0.25, -0.2) is 0 Å². The Hall–Kier alpha value is -2.36. The van der Waals surface area contributed by atoms with Gasteiger partial charge in [-0.3, -0.25) is 9.59 Å². The first-order chi connectivity index (χ1) is 9.22. The maximum absolute atomic E-state index is 12.4. The van der Waals surface area contributed by atoms with Crippen LogP contribution in [-0.2, 0) is 4.79 Å². The molecule has 0 spiro atoms. The zero-order chi connectivity index (χ0) is 13.7. The van der Waals surface area contributed by atoms with Gasteiger partial charge in [0.15, 0.2) is 5.78 Å². The molecule has 2 aromatic rings. The Bertz CT molecular complexity index is 596. The van der Waals surface area contributed by atoms with Gasteiger partial charge in [-0.2, -0.15) is 0 Å². The summed E-state index contributed by atoms with van der Waals surface area (Å²) in [5, 5.41) is 2.63. The van der Waals surface area contributed by atoms with E-state index in [1.807, 2.05) is 6.07 Å². The molecule has 0 atom stereocenters. The highest BCUT2D eigenvalue weighted by atomic mass is 16.1. The molecular weight excluding hydrogens is 237 g/mol. The van der Waals surface area contributed by atoms with E-state index in [-0.39, 0.29) is 18.0 Å². The molecular formula is C15H12BNO2. The van der Waals surface area contributed by atoms with Gasteiger partial charge in [-0.15, -0.1) is 0 Å². The smallest absolute Gasteiger partial charge is 0.215 e.